The number of aromatic amines is 1. The van der Waals surface area contributed by atoms with Gasteiger partial charge in [0.1, 0.15) is 28.6 Å². The standard InChI is InChI=1S/C24H25N7O4S/c1-2-36(33,34)31-18-9-8-17(14-19(18)35-13-10-16-6-4-3-5-7-16)22-21(23(25)32)24(30-29-22)28-20-15-26-11-12-27-20/h3-9,11-12,14-15,31H,2,10,13H2,1H3,(H2,25,32)(H2,27,28,29,30). The largest absolute Gasteiger partial charge is 0.491 e. The minimum Gasteiger partial charge on any atom is -0.491 e. The zero-order chi connectivity index (χ0) is 25.5. The third-order valence-electron chi connectivity index (χ3n) is 5.22. The molecular weight excluding hydrogens is 482 g/mol. The van der Waals surface area contributed by atoms with Gasteiger partial charge in [0.05, 0.1) is 24.2 Å². The van der Waals surface area contributed by atoms with E-state index in [4.69, 9.17) is 10.5 Å². The van der Waals surface area contributed by atoms with Gasteiger partial charge in [-0.3, -0.25) is 19.6 Å². The molecule has 0 atom stereocenters. The van der Waals surface area contributed by atoms with Crippen molar-refractivity contribution in [2.75, 3.05) is 22.4 Å². The number of nitrogens with two attached hydrogens (primary N) is 1. The molecule has 0 aliphatic carbocycles. The van der Waals surface area contributed by atoms with E-state index in [2.05, 4.69) is 30.2 Å². The number of aromatic nitrogens is 4. The first-order valence-corrected chi connectivity index (χ1v) is 12.7. The van der Waals surface area contributed by atoms with Gasteiger partial charge in [0.25, 0.3) is 5.91 Å². The van der Waals surface area contributed by atoms with Crippen molar-refractivity contribution in [2.45, 2.75) is 13.3 Å². The van der Waals surface area contributed by atoms with Crippen LogP contribution in [0, 0.1) is 0 Å². The number of rotatable bonds is 11. The molecule has 12 heteroatoms. The molecule has 36 heavy (non-hydrogen) atoms. The fourth-order valence-corrected chi connectivity index (χ4v) is 4.06. The maximum absolute atomic E-state index is 12.3. The average molecular weight is 508 g/mol. The molecule has 0 aliphatic heterocycles. The smallest absolute Gasteiger partial charge is 0.254 e. The molecular formula is C24H25N7O4S. The fraction of sp³-hybridized carbons (Fsp3) is 0.167. The zero-order valence-corrected chi connectivity index (χ0v) is 20.2. The van der Waals surface area contributed by atoms with Crippen molar-refractivity contribution < 1.29 is 17.9 Å². The summed E-state index contributed by atoms with van der Waals surface area (Å²) in [5.74, 6) is 0.125. The minimum absolute atomic E-state index is 0.0964. The van der Waals surface area contributed by atoms with E-state index in [-0.39, 0.29) is 28.5 Å². The number of carbonyl (C=O) groups excluding carboxylic acids is 1. The number of benzene rings is 2. The van der Waals surface area contributed by atoms with Crippen LogP contribution in [-0.2, 0) is 16.4 Å². The van der Waals surface area contributed by atoms with Crippen LogP contribution in [0.15, 0.2) is 67.1 Å². The van der Waals surface area contributed by atoms with E-state index in [1.165, 1.54) is 18.6 Å². The quantitative estimate of drug-likeness (QED) is 0.240. The predicted molar refractivity (Wildman–Crippen MR) is 137 cm³/mol. The molecule has 0 aliphatic rings. The Morgan fingerprint density at radius 1 is 1.14 bits per heavy atom. The lowest BCUT2D eigenvalue weighted by molar-refractivity contribution is 0.100. The lowest BCUT2D eigenvalue weighted by atomic mass is 10.1. The Kier molecular flexibility index (Phi) is 7.44. The normalized spacial score (nSPS) is 11.1. The summed E-state index contributed by atoms with van der Waals surface area (Å²) in [7, 11) is -3.55. The summed E-state index contributed by atoms with van der Waals surface area (Å²) in [6, 6.07) is 14.6. The van der Waals surface area contributed by atoms with Crippen LogP contribution < -0.4 is 20.5 Å². The molecule has 0 fully saturated rings. The number of primary amides is 1. The van der Waals surface area contributed by atoms with Crippen LogP contribution in [0.25, 0.3) is 11.3 Å². The maximum atomic E-state index is 12.3. The predicted octanol–water partition coefficient (Wildman–Crippen LogP) is 3.09. The van der Waals surface area contributed by atoms with Crippen molar-refractivity contribution in [2.24, 2.45) is 5.73 Å². The van der Waals surface area contributed by atoms with Gasteiger partial charge in [0.2, 0.25) is 10.0 Å². The van der Waals surface area contributed by atoms with Crippen LogP contribution in [0.4, 0.5) is 17.3 Å². The summed E-state index contributed by atoms with van der Waals surface area (Å²) in [6.45, 7) is 1.85. The van der Waals surface area contributed by atoms with Crippen LogP contribution in [0.5, 0.6) is 5.75 Å². The van der Waals surface area contributed by atoms with Gasteiger partial charge >= 0.3 is 0 Å². The molecule has 0 bridgehead atoms. The third kappa shape index (κ3) is 5.96. The molecule has 0 radical (unpaired) electrons. The Labute approximate surface area is 208 Å². The zero-order valence-electron chi connectivity index (χ0n) is 19.4. The molecule has 2 aromatic carbocycles. The second-order valence-corrected chi connectivity index (χ2v) is 9.71. The van der Waals surface area contributed by atoms with Gasteiger partial charge in [-0.1, -0.05) is 36.4 Å². The Balaban J connectivity index is 1.67. The number of H-pyrrole nitrogens is 1. The fourth-order valence-electron chi connectivity index (χ4n) is 3.41. The van der Waals surface area contributed by atoms with Gasteiger partial charge in [0.15, 0.2) is 0 Å². The van der Waals surface area contributed by atoms with E-state index in [0.29, 0.717) is 30.2 Å². The summed E-state index contributed by atoms with van der Waals surface area (Å²) < 4.78 is 33.0. The average Bonchev–Trinajstić information content (AvgIpc) is 3.30. The molecule has 0 saturated carbocycles. The summed E-state index contributed by atoms with van der Waals surface area (Å²) in [5, 5.41) is 9.97. The molecule has 0 saturated heterocycles. The molecule has 1 amide bonds. The highest BCUT2D eigenvalue weighted by Crippen LogP contribution is 2.34. The maximum Gasteiger partial charge on any atom is 0.254 e. The first-order valence-electron chi connectivity index (χ1n) is 11.1. The lowest BCUT2D eigenvalue weighted by Gasteiger charge is -2.15. The number of hydrogen-bond donors (Lipinski definition) is 4. The number of amides is 1. The van der Waals surface area contributed by atoms with Crippen LogP contribution in [0.1, 0.15) is 22.8 Å². The first-order chi connectivity index (χ1) is 17.4. The van der Waals surface area contributed by atoms with E-state index in [1.807, 2.05) is 30.3 Å². The summed E-state index contributed by atoms with van der Waals surface area (Å²) in [6.07, 6.45) is 5.12. The highest BCUT2D eigenvalue weighted by Gasteiger charge is 2.22. The van der Waals surface area contributed by atoms with Gasteiger partial charge < -0.3 is 15.8 Å². The van der Waals surface area contributed by atoms with Crippen LogP contribution >= 0.6 is 0 Å². The molecule has 11 nitrogen and oxygen atoms in total. The molecule has 186 valence electrons. The Morgan fingerprint density at radius 3 is 2.64 bits per heavy atom. The minimum atomic E-state index is -3.55. The van der Waals surface area contributed by atoms with Crippen molar-refractivity contribution in [3.8, 4) is 17.0 Å². The van der Waals surface area contributed by atoms with Crippen LogP contribution in [0.3, 0.4) is 0 Å². The Morgan fingerprint density at radius 2 is 1.94 bits per heavy atom. The number of nitrogens with one attached hydrogen (secondary N) is 3. The summed E-state index contributed by atoms with van der Waals surface area (Å²) in [4.78, 5) is 20.4. The van der Waals surface area contributed by atoms with Gasteiger partial charge in [-0.15, -0.1) is 0 Å². The topological polar surface area (TPSA) is 165 Å². The van der Waals surface area contributed by atoms with Gasteiger partial charge in [-0.2, -0.15) is 5.10 Å². The molecule has 4 aromatic rings. The SMILES string of the molecule is CCS(=O)(=O)Nc1ccc(-c2n[nH]c(Nc3cnccn3)c2C(N)=O)cc1OCCc1ccccc1. The van der Waals surface area contributed by atoms with Crippen molar-refractivity contribution in [3.63, 3.8) is 0 Å². The molecule has 5 N–H and O–H groups in total. The molecule has 4 rings (SSSR count). The molecule has 0 unspecified atom stereocenters. The summed E-state index contributed by atoms with van der Waals surface area (Å²) >= 11 is 0. The Hall–Kier alpha value is -4.45. The highest BCUT2D eigenvalue weighted by molar-refractivity contribution is 7.92. The second kappa shape index (κ2) is 10.9. The molecule has 2 aromatic heterocycles. The monoisotopic (exact) mass is 507 g/mol. The number of carbonyl (C=O) groups is 1. The van der Waals surface area contributed by atoms with Crippen molar-refractivity contribution in [1.82, 2.24) is 20.2 Å². The summed E-state index contributed by atoms with van der Waals surface area (Å²) in [5.41, 5.74) is 7.90. The van der Waals surface area contributed by atoms with E-state index >= 15 is 0 Å². The molecule has 0 spiro atoms. The Bertz CT molecular complexity index is 1440. The number of nitrogens with zero attached hydrogens (tertiary/aromatic N) is 3. The van der Waals surface area contributed by atoms with E-state index in [0.717, 1.165) is 5.56 Å². The van der Waals surface area contributed by atoms with Gasteiger partial charge in [-0.05, 0) is 24.6 Å². The van der Waals surface area contributed by atoms with Crippen molar-refractivity contribution in [1.29, 1.82) is 0 Å². The lowest BCUT2D eigenvalue weighted by Crippen LogP contribution is -2.16. The molecule has 2 heterocycles. The van der Waals surface area contributed by atoms with E-state index in [9.17, 15) is 13.2 Å². The second-order valence-electron chi connectivity index (χ2n) is 7.70. The van der Waals surface area contributed by atoms with E-state index < -0.39 is 15.9 Å². The highest BCUT2D eigenvalue weighted by atomic mass is 32.2. The number of sulfonamides is 1. The van der Waals surface area contributed by atoms with Gasteiger partial charge in [-0.25, -0.2) is 13.4 Å². The van der Waals surface area contributed by atoms with Crippen molar-refractivity contribution in [3.05, 3.63) is 78.2 Å². The third-order valence-corrected chi connectivity index (χ3v) is 6.51. The number of hydrogen-bond acceptors (Lipinski definition) is 8. The first kappa shape index (κ1) is 24.7. The van der Waals surface area contributed by atoms with Crippen LogP contribution in [0.2, 0.25) is 0 Å². The van der Waals surface area contributed by atoms with Crippen molar-refractivity contribution >= 4 is 33.3 Å². The number of anilines is 3. The van der Waals surface area contributed by atoms with E-state index in [1.54, 1.807) is 25.1 Å². The number of ether oxygens (including phenoxy) is 1. The van der Waals surface area contributed by atoms with Crippen LogP contribution in [-0.4, -0.2) is 46.9 Å². The van der Waals surface area contributed by atoms with Gasteiger partial charge in [0, 0.05) is 24.4 Å².